The van der Waals surface area contributed by atoms with E-state index in [1.165, 1.54) is 42.8 Å². The van der Waals surface area contributed by atoms with Gasteiger partial charge in [0.25, 0.3) is 0 Å². The number of amides is 1. The molecule has 1 spiro atoms. The zero-order valence-electron chi connectivity index (χ0n) is 20.6. The lowest BCUT2D eigenvalue weighted by Gasteiger charge is -2.32. The summed E-state index contributed by atoms with van der Waals surface area (Å²) in [6.45, 7) is 7.61. The minimum Gasteiger partial charge on any atom is -0.496 e. The highest BCUT2D eigenvalue weighted by Crippen LogP contribution is 2.59. The Kier molecular flexibility index (Phi) is 7.57. The minimum atomic E-state index is 0.213. The molecule has 1 amide bonds. The minimum absolute atomic E-state index is 0.213. The van der Waals surface area contributed by atoms with Crippen molar-refractivity contribution in [2.24, 2.45) is 11.3 Å². The van der Waals surface area contributed by atoms with E-state index in [9.17, 15) is 4.79 Å². The summed E-state index contributed by atoms with van der Waals surface area (Å²) in [5.74, 6) is 1.37. The van der Waals surface area contributed by atoms with Crippen LogP contribution in [-0.2, 0) is 24.3 Å². The lowest BCUT2D eigenvalue weighted by molar-refractivity contribution is -0.123. The molecule has 2 saturated heterocycles. The zero-order valence-corrected chi connectivity index (χ0v) is 21.4. The summed E-state index contributed by atoms with van der Waals surface area (Å²) in [6.07, 6.45) is 8.30. The van der Waals surface area contributed by atoms with E-state index >= 15 is 0 Å². The van der Waals surface area contributed by atoms with Gasteiger partial charge in [-0.3, -0.25) is 14.6 Å². The molecule has 0 radical (unpaired) electrons. The summed E-state index contributed by atoms with van der Waals surface area (Å²) in [7, 11) is 1.70. The van der Waals surface area contributed by atoms with Gasteiger partial charge >= 0.3 is 0 Å². The average molecular weight is 482 g/mol. The maximum atomic E-state index is 12.8. The van der Waals surface area contributed by atoms with E-state index in [2.05, 4.69) is 32.6 Å². The van der Waals surface area contributed by atoms with Gasteiger partial charge in [-0.15, -0.1) is 11.3 Å². The van der Waals surface area contributed by atoms with Crippen LogP contribution in [0.2, 0.25) is 0 Å². The smallest absolute Gasteiger partial charge is 0.223 e. The molecule has 2 aliphatic heterocycles. The van der Waals surface area contributed by atoms with E-state index in [-0.39, 0.29) is 17.2 Å². The second kappa shape index (κ2) is 10.8. The first kappa shape index (κ1) is 23.8. The summed E-state index contributed by atoms with van der Waals surface area (Å²) in [6, 6.07) is 10.5. The molecule has 5 nitrogen and oxygen atoms in total. The molecule has 1 N–H and O–H groups in total. The molecule has 1 aromatic heterocycles. The molecular weight excluding hydrogens is 442 g/mol. The Morgan fingerprint density at radius 1 is 1.09 bits per heavy atom. The van der Waals surface area contributed by atoms with Crippen LogP contribution >= 0.6 is 11.3 Å². The third-order valence-electron chi connectivity index (χ3n) is 8.19. The molecule has 5 rings (SSSR count). The largest absolute Gasteiger partial charge is 0.496 e. The number of para-hydroxylation sites is 1. The van der Waals surface area contributed by atoms with Gasteiger partial charge < -0.3 is 10.1 Å². The van der Waals surface area contributed by atoms with Crippen molar-refractivity contribution in [3.63, 3.8) is 0 Å². The van der Waals surface area contributed by atoms with Crippen molar-refractivity contribution in [2.45, 2.75) is 58.0 Å². The number of hydrogen-bond donors (Lipinski definition) is 1. The van der Waals surface area contributed by atoms with Crippen LogP contribution in [0.15, 0.2) is 35.7 Å². The summed E-state index contributed by atoms with van der Waals surface area (Å²) in [4.78, 5) is 19.5. The molecule has 0 unspecified atom stereocenters. The fourth-order valence-electron chi connectivity index (χ4n) is 5.97. The van der Waals surface area contributed by atoms with Crippen LogP contribution < -0.4 is 10.1 Å². The van der Waals surface area contributed by atoms with Gasteiger partial charge in [-0.05, 0) is 98.8 Å². The Balaban J connectivity index is 1.03. The van der Waals surface area contributed by atoms with Crippen LogP contribution in [0.3, 0.4) is 0 Å². The molecule has 0 bridgehead atoms. The first-order chi connectivity index (χ1) is 16.6. The molecule has 184 valence electrons. The number of nitrogens with one attached hydrogen (secondary N) is 1. The third-order valence-corrected chi connectivity index (χ3v) is 9.16. The van der Waals surface area contributed by atoms with E-state index in [0.29, 0.717) is 6.54 Å². The van der Waals surface area contributed by atoms with E-state index in [4.69, 9.17) is 4.74 Å². The molecule has 6 heteroatoms. The predicted octanol–water partition coefficient (Wildman–Crippen LogP) is 4.70. The number of nitrogens with zero attached hydrogens (tertiary/aromatic N) is 2. The van der Waals surface area contributed by atoms with Crippen molar-refractivity contribution in [3.8, 4) is 5.75 Å². The SMILES string of the molecule is COc1ccccc1CCNC(=O)[C@H]1CC12CCN(Cc1cc(CN3CCCCC3)cs1)CC2. The van der Waals surface area contributed by atoms with Crippen LogP contribution in [0.5, 0.6) is 5.75 Å². The number of rotatable bonds is 9. The number of piperidine rings is 2. The Morgan fingerprint density at radius 2 is 1.85 bits per heavy atom. The second-order valence-electron chi connectivity index (χ2n) is 10.5. The fraction of sp³-hybridized carbons (Fsp3) is 0.607. The van der Waals surface area contributed by atoms with E-state index in [1.54, 1.807) is 7.11 Å². The molecule has 1 atom stereocenters. The number of thiophene rings is 1. The molecule has 3 heterocycles. The number of hydrogen-bond acceptors (Lipinski definition) is 5. The van der Waals surface area contributed by atoms with Gasteiger partial charge in [-0.2, -0.15) is 0 Å². The fourth-order valence-corrected chi connectivity index (χ4v) is 6.89. The van der Waals surface area contributed by atoms with Crippen molar-refractivity contribution in [2.75, 3.05) is 39.8 Å². The molecule has 1 saturated carbocycles. The number of ether oxygens (including phenoxy) is 1. The Hall–Kier alpha value is -1.89. The first-order valence-electron chi connectivity index (χ1n) is 13.1. The van der Waals surface area contributed by atoms with Crippen molar-refractivity contribution >= 4 is 17.2 Å². The van der Waals surface area contributed by atoms with Crippen molar-refractivity contribution in [1.29, 1.82) is 0 Å². The van der Waals surface area contributed by atoms with Gasteiger partial charge in [0, 0.05) is 30.4 Å². The summed E-state index contributed by atoms with van der Waals surface area (Å²) in [5.41, 5.74) is 2.90. The lowest BCUT2D eigenvalue weighted by Crippen LogP contribution is -2.37. The quantitative estimate of drug-likeness (QED) is 0.564. The van der Waals surface area contributed by atoms with Crippen molar-refractivity contribution < 1.29 is 9.53 Å². The van der Waals surface area contributed by atoms with Gasteiger partial charge in [-0.1, -0.05) is 24.6 Å². The number of carbonyl (C=O) groups excluding carboxylic acids is 1. The van der Waals surface area contributed by atoms with Crippen LogP contribution in [0.4, 0.5) is 0 Å². The molecule has 1 aromatic carbocycles. The highest BCUT2D eigenvalue weighted by molar-refractivity contribution is 7.10. The summed E-state index contributed by atoms with van der Waals surface area (Å²) in [5, 5.41) is 5.56. The van der Waals surface area contributed by atoms with E-state index < -0.39 is 0 Å². The van der Waals surface area contributed by atoms with E-state index in [1.807, 2.05) is 29.5 Å². The van der Waals surface area contributed by atoms with Gasteiger partial charge in [0.15, 0.2) is 0 Å². The lowest BCUT2D eigenvalue weighted by atomic mass is 9.90. The normalized spacial score (nSPS) is 22.6. The summed E-state index contributed by atoms with van der Waals surface area (Å²) >= 11 is 1.92. The highest BCUT2D eigenvalue weighted by Gasteiger charge is 2.58. The topological polar surface area (TPSA) is 44.8 Å². The Bertz CT molecular complexity index is 960. The second-order valence-corrected chi connectivity index (χ2v) is 11.5. The van der Waals surface area contributed by atoms with E-state index in [0.717, 1.165) is 63.2 Å². The molecule has 3 aliphatic rings. The van der Waals surface area contributed by atoms with Crippen LogP contribution in [0.1, 0.15) is 54.5 Å². The molecule has 3 fully saturated rings. The maximum Gasteiger partial charge on any atom is 0.223 e. The van der Waals surface area contributed by atoms with Gasteiger partial charge in [-0.25, -0.2) is 0 Å². The number of likely N-dealkylation sites (tertiary alicyclic amines) is 2. The molecular formula is C28H39N3O2S. The van der Waals surface area contributed by atoms with Gasteiger partial charge in [0.2, 0.25) is 5.91 Å². The third kappa shape index (κ3) is 5.67. The number of benzene rings is 1. The summed E-state index contributed by atoms with van der Waals surface area (Å²) < 4.78 is 5.42. The molecule has 34 heavy (non-hydrogen) atoms. The van der Waals surface area contributed by atoms with Crippen molar-refractivity contribution in [3.05, 3.63) is 51.7 Å². The number of methoxy groups -OCH3 is 1. The van der Waals surface area contributed by atoms with Crippen LogP contribution in [0.25, 0.3) is 0 Å². The molecule has 1 aliphatic carbocycles. The standard InChI is InChI=1S/C28H39N3O2S/c1-33-26-8-4-3-7-23(26)9-12-29-27(32)25-18-28(25)10-15-31(16-11-28)20-24-17-22(21-34-24)19-30-13-5-2-6-14-30/h3-4,7-8,17,21,25H,2,5-6,9-16,18-20H2,1H3,(H,29,32)/t25-/m1/s1. The monoisotopic (exact) mass is 481 g/mol. The van der Waals surface area contributed by atoms with Crippen LogP contribution in [-0.4, -0.2) is 55.5 Å². The van der Waals surface area contributed by atoms with Crippen molar-refractivity contribution in [1.82, 2.24) is 15.1 Å². The zero-order chi connectivity index (χ0) is 23.4. The Labute approximate surface area is 208 Å². The van der Waals surface area contributed by atoms with Crippen LogP contribution in [0, 0.1) is 11.3 Å². The highest BCUT2D eigenvalue weighted by atomic mass is 32.1. The van der Waals surface area contributed by atoms with Gasteiger partial charge in [0.05, 0.1) is 7.11 Å². The number of carbonyl (C=O) groups is 1. The van der Waals surface area contributed by atoms with Gasteiger partial charge in [0.1, 0.15) is 5.75 Å². The molecule has 2 aromatic rings. The predicted molar refractivity (Wildman–Crippen MR) is 138 cm³/mol. The first-order valence-corrected chi connectivity index (χ1v) is 13.9. The Morgan fingerprint density at radius 3 is 2.65 bits per heavy atom. The average Bonchev–Trinajstić information content (AvgIpc) is 3.40. The maximum absolute atomic E-state index is 12.8.